The largest absolute Gasteiger partial charge is 0.454 e. The first-order chi connectivity index (χ1) is 8.78. The molecular formula is C14H17NO3. The summed E-state index contributed by atoms with van der Waals surface area (Å²) in [4.78, 5) is 14.0. The first-order valence-electron chi connectivity index (χ1n) is 6.45. The van der Waals surface area contributed by atoms with Crippen LogP contribution in [0.4, 0.5) is 0 Å². The predicted molar refractivity (Wildman–Crippen MR) is 66.4 cm³/mol. The molecule has 1 aliphatic carbocycles. The van der Waals surface area contributed by atoms with E-state index < -0.39 is 0 Å². The van der Waals surface area contributed by atoms with E-state index in [1.807, 2.05) is 30.0 Å². The summed E-state index contributed by atoms with van der Waals surface area (Å²) < 4.78 is 10.6. The highest BCUT2D eigenvalue weighted by Gasteiger charge is 2.32. The van der Waals surface area contributed by atoms with Crippen LogP contribution < -0.4 is 9.47 Å². The van der Waals surface area contributed by atoms with Gasteiger partial charge < -0.3 is 14.4 Å². The Morgan fingerprint density at radius 2 is 2.11 bits per heavy atom. The van der Waals surface area contributed by atoms with Crippen molar-refractivity contribution in [3.8, 4) is 11.5 Å². The van der Waals surface area contributed by atoms with Gasteiger partial charge in [0, 0.05) is 19.0 Å². The van der Waals surface area contributed by atoms with Crippen molar-refractivity contribution in [2.45, 2.75) is 26.3 Å². The number of carbonyl (C=O) groups excluding carboxylic acids is 1. The third-order valence-corrected chi connectivity index (χ3v) is 3.43. The fourth-order valence-electron chi connectivity index (χ4n) is 2.19. The fourth-order valence-corrected chi connectivity index (χ4v) is 2.19. The molecule has 0 atom stereocenters. The quantitative estimate of drug-likeness (QED) is 0.818. The Morgan fingerprint density at radius 3 is 2.83 bits per heavy atom. The maximum Gasteiger partial charge on any atom is 0.231 e. The Kier molecular flexibility index (Phi) is 2.86. The van der Waals surface area contributed by atoms with Gasteiger partial charge in [-0.25, -0.2) is 0 Å². The van der Waals surface area contributed by atoms with Gasteiger partial charge in [-0.3, -0.25) is 4.79 Å². The summed E-state index contributed by atoms with van der Waals surface area (Å²) in [7, 11) is 0. The molecule has 0 spiro atoms. The minimum Gasteiger partial charge on any atom is -0.454 e. The van der Waals surface area contributed by atoms with Crippen molar-refractivity contribution < 1.29 is 14.3 Å². The first kappa shape index (κ1) is 11.4. The van der Waals surface area contributed by atoms with Gasteiger partial charge in [-0.2, -0.15) is 0 Å². The Labute approximate surface area is 106 Å². The third kappa shape index (κ3) is 2.15. The van der Waals surface area contributed by atoms with Gasteiger partial charge in [0.25, 0.3) is 0 Å². The predicted octanol–water partition coefficient (Wildman–Crippen LogP) is 2.17. The summed E-state index contributed by atoms with van der Waals surface area (Å²) in [5.41, 5.74) is 1.09. The first-order valence-corrected chi connectivity index (χ1v) is 6.45. The molecule has 0 bridgehead atoms. The van der Waals surface area contributed by atoms with E-state index in [1.165, 1.54) is 0 Å². The normalized spacial score (nSPS) is 16.7. The molecule has 0 radical (unpaired) electrons. The molecule has 1 fully saturated rings. The lowest BCUT2D eigenvalue weighted by Gasteiger charge is -2.21. The van der Waals surface area contributed by atoms with E-state index in [9.17, 15) is 4.79 Å². The van der Waals surface area contributed by atoms with Gasteiger partial charge in [0.15, 0.2) is 11.5 Å². The molecule has 1 amide bonds. The molecular weight excluding hydrogens is 230 g/mol. The summed E-state index contributed by atoms with van der Waals surface area (Å²) in [5.74, 6) is 2.13. The second kappa shape index (κ2) is 4.52. The molecule has 18 heavy (non-hydrogen) atoms. The van der Waals surface area contributed by atoms with Gasteiger partial charge in [0.1, 0.15) is 0 Å². The van der Waals surface area contributed by atoms with Crippen LogP contribution in [-0.4, -0.2) is 24.1 Å². The van der Waals surface area contributed by atoms with E-state index in [2.05, 4.69) is 0 Å². The molecule has 2 aliphatic rings. The highest BCUT2D eigenvalue weighted by molar-refractivity contribution is 5.81. The van der Waals surface area contributed by atoms with Gasteiger partial charge in [0.2, 0.25) is 12.7 Å². The van der Waals surface area contributed by atoms with E-state index in [1.54, 1.807) is 0 Å². The SMILES string of the molecule is CCN(Cc1ccc2c(c1)OCO2)C(=O)C1CC1. The number of fused-ring (bicyclic) bond motifs is 1. The molecule has 1 aromatic carbocycles. The van der Waals surface area contributed by atoms with Crippen LogP contribution in [0.2, 0.25) is 0 Å². The number of nitrogens with zero attached hydrogens (tertiary/aromatic N) is 1. The summed E-state index contributed by atoms with van der Waals surface area (Å²) in [6.45, 7) is 3.72. The van der Waals surface area contributed by atoms with E-state index >= 15 is 0 Å². The van der Waals surface area contributed by atoms with Crippen molar-refractivity contribution in [2.75, 3.05) is 13.3 Å². The Morgan fingerprint density at radius 1 is 1.33 bits per heavy atom. The van der Waals surface area contributed by atoms with E-state index in [-0.39, 0.29) is 18.6 Å². The summed E-state index contributed by atoms with van der Waals surface area (Å²) in [6.07, 6.45) is 2.10. The van der Waals surface area contributed by atoms with Gasteiger partial charge >= 0.3 is 0 Å². The molecule has 96 valence electrons. The monoisotopic (exact) mass is 247 g/mol. The molecule has 0 unspecified atom stereocenters. The van der Waals surface area contributed by atoms with Gasteiger partial charge in [0.05, 0.1) is 0 Å². The standard InChI is InChI=1S/C14H17NO3/c1-2-15(14(16)11-4-5-11)8-10-3-6-12-13(7-10)18-9-17-12/h3,6-7,11H,2,4-5,8-9H2,1H3. The average molecular weight is 247 g/mol. The Hall–Kier alpha value is -1.71. The molecule has 1 aliphatic heterocycles. The number of hydrogen-bond acceptors (Lipinski definition) is 3. The zero-order valence-electron chi connectivity index (χ0n) is 10.5. The topological polar surface area (TPSA) is 38.8 Å². The van der Waals surface area contributed by atoms with Crippen LogP contribution in [0.15, 0.2) is 18.2 Å². The number of carbonyl (C=O) groups is 1. The van der Waals surface area contributed by atoms with Crippen LogP contribution >= 0.6 is 0 Å². The van der Waals surface area contributed by atoms with Crippen molar-refractivity contribution in [2.24, 2.45) is 5.92 Å². The molecule has 1 aromatic rings. The third-order valence-electron chi connectivity index (χ3n) is 3.43. The molecule has 0 saturated heterocycles. The van der Waals surface area contributed by atoms with Crippen LogP contribution in [0, 0.1) is 5.92 Å². The average Bonchev–Trinajstić information content (AvgIpc) is 3.13. The van der Waals surface area contributed by atoms with Crippen molar-refractivity contribution in [3.05, 3.63) is 23.8 Å². The van der Waals surface area contributed by atoms with Gasteiger partial charge in [-0.1, -0.05) is 6.07 Å². The molecule has 1 heterocycles. The lowest BCUT2D eigenvalue weighted by molar-refractivity contribution is -0.132. The highest BCUT2D eigenvalue weighted by Crippen LogP contribution is 2.34. The lowest BCUT2D eigenvalue weighted by Crippen LogP contribution is -2.31. The van der Waals surface area contributed by atoms with E-state index in [0.29, 0.717) is 6.54 Å². The number of ether oxygens (including phenoxy) is 2. The van der Waals surface area contributed by atoms with Gasteiger partial charge in [-0.05, 0) is 37.5 Å². The van der Waals surface area contributed by atoms with Gasteiger partial charge in [-0.15, -0.1) is 0 Å². The maximum absolute atomic E-state index is 12.0. The van der Waals surface area contributed by atoms with E-state index in [4.69, 9.17) is 9.47 Å². The number of benzene rings is 1. The second-order valence-electron chi connectivity index (χ2n) is 4.81. The highest BCUT2D eigenvalue weighted by atomic mass is 16.7. The van der Waals surface area contributed by atoms with Crippen molar-refractivity contribution >= 4 is 5.91 Å². The minimum absolute atomic E-state index is 0.277. The van der Waals surface area contributed by atoms with Crippen molar-refractivity contribution in [3.63, 3.8) is 0 Å². The smallest absolute Gasteiger partial charge is 0.231 e. The van der Waals surface area contributed by atoms with Crippen LogP contribution in [0.3, 0.4) is 0 Å². The number of hydrogen-bond donors (Lipinski definition) is 0. The van der Waals surface area contributed by atoms with Crippen LogP contribution in [0.25, 0.3) is 0 Å². The summed E-state index contributed by atoms with van der Waals surface area (Å²) in [6, 6.07) is 5.87. The molecule has 0 N–H and O–H groups in total. The molecule has 1 saturated carbocycles. The number of rotatable bonds is 4. The second-order valence-corrected chi connectivity index (χ2v) is 4.81. The Bertz CT molecular complexity index is 468. The molecule has 3 rings (SSSR count). The minimum atomic E-state index is 0.277. The molecule has 4 nitrogen and oxygen atoms in total. The maximum atomic E-state index is 12.0. The summed E-state index contributed by atoms with van der Waals surface area (Å²) in [5, 5.41) is 0. The summed E-state index contributed by atoms with van der Waals surface area (Å²) >= 11 is 0. The van der Waals surface area contributed by atoms with Crippen LogP contribution in [0.1, 0.15) is 25.3 Å². The zero-order chi connectivity index (χ0) is 12.5. The van der Waals surface area contributed by atoms with E-state index in [0.717, 1.165) is 36.4 Å². The van der Waals surface area contributed by atoms with Crippen molar-refractivity contribution in [1.82, 2.24) is 4.90 Å². The van der Waals surface area contributed by atoms with Crippen LogP contribution in [0.5, 0.6) is 11.5 Å². The molecule has 4 heteroatoms. The Balaban J connectivity index is 1.72. The fraction of sp³-hybridized carbons (Fsp3) is 0.500. The zero-order valence-corrected chi connectivity index (χ0v) is 10.5. The van der Waals surface area contributed by atoms with Crippen LogP contribution in [-0.2, 0) is 11.3 Å². The molecule has 0 aromatic heterocycles. The number of amides is 1. The van der Waals surface area contributed by atoms with Crippen molar-refractivity contribution in [1.29, 1.82) is 0 Å². The lowest BCUT2D eigenvalue weighted by atomic mass is 10.2.